The molecule has 2 N–H and O–H groups in total. The van der Waals surface area contributed by atoms with E-state index in [4.69, 9.17) is 4.42 Å². The van der Waals surface area contributed by atoms with Crippen LogP contribution in [0.4, 0.5) is 9.18 Å². The van der Waals surface area contributed by atoms with Gasteiger partial charge in [-0.15, -0.1) is 0 Å². The van der Waals surface area contributed by atoms with E-state index in [0.717, 1.165) is 23.9 Å². The van der Waals surface area contributed by atoms with Gasteiger partial charge in [-0.25, -0.2) is 4.39 Å². The molecule has 0 unspecified atom stereocenters. The fourth-order valence-electron chi connectivity index (χ4n) is 1.83. The monoisotopic (exact) mass is 305 g/mol. The molecule has 2 aromatic rings. The number of benzene rings is 1. The highest BCUT2D eigenvalue weighted by atomic mass is 32.2. The number of hydrogen-bond donors (Lipinski definition) is 2. The van der Waals surface area contributed by atoms with Crippen molar-refractivity contribution in [2.45, 2.75) is 0 Å². The number of aromatic hydroxyl groups is 1. The summed E-state index contributed by atoms with van der Waals surface area (Å²) in [5.74, 6) is -0.533. The quantitative estimate of drug-likeness (QED) is 0.833. The van der Waals surface area contributed by atoms with E-state index in [9.17, 15) is 19.1 Å². The molecule has 0 spiro atoms. The Morgan fingerprint density at radius 3 is 2.76 bits per heavy atom. The van der Waals surface area contributed by atoms with Crippen LogP contribution in [0.15, 0.2) is 39.7 Å². The van der Waals surface area contributed by atoms with Crippen molar-refractivity contribution in [2.75, 3.05) is 0 Å². The number of phenolic OH excluding ortho intramolecular Hbond substituents is 1. The normalized spacial score (nSPS) is 16.5. The predicted molar refractivity (Wildman–Crippen MR) is 74.9 cm³/mol. The molecule has 1 saturated heterocycles. The zero-order valence-corrected chi connectivity index (χ0v) is 11.2. The molecule has 5 nitrogen and oxygen atoms in total. The van der Waals surface area contributed by atoms with Gasteiger partial charge in [0.05, 0.1) is 10.5 Å². The first-order chi connectivity index (χ1) is 10.0. The summed E-state index contributed by atoms with van der Waals surface area (Å²) >= 11 is 0.771. The number of hydrogen-bond acceptors (Lipinski definition) is 5. The van der Waals surface area contributed by atoms with Gasteiger partial charge in [0.1, 0.15) is 23.1 Å². The zero-order chi connectivity index (χ0) is 15.0. The van der Waals surface area contributed by atoms with E-state index in [1.807, 2.05) is 0 Å². The zero-order valence-electron chi connectivity index (χ0n) is 10.4. The molecule has 0 atom stereocenters. The number of phenols is 1. The van der Waals surface area contributed by atoms with Gasteiger partial charge < -0.3 is 9.52 Å². The number of imide groups is 1. The van der Waals surface area contributed by atoms with Gasteiger partial charge in [0.2, 0.25) is 0 Å². The van der Waals surface area contributed by atoms with E-state index in [-0.39, 0.29) is 22.0 Å². The molecular formula is C14H8FNO4S. The molecule has 1 aliphatic rings. The fraction of sp³-hybridized carbons (Fsp3) is 0. The van der Waals surface area contributed by atoms with Gasteiger partial charge in [-0.05, 0) is 42.1 Å². The highest BCUT2D eigenvalue weighted by molar-refractivity contribution is 8.18. The van der Waals surface area contributed by atoms with Gasteiger partial charge in [0.15, 0.2) is 0 Å². The van der Waals surface area contributed by atoms with Crippen LogP contribution in [0.1, 0.15) is 5.76 Å². The van der Waals surface area contributed by atoms with Crippen LogP contribution in [0.3, 0.4) is 0 Å². The van der Waals surface area contributed by atoms with Crippen molar-refractivity contribution in [3.63, 3.8) is 0 Å². The highest BCUT2D eigenvalue weighted by Crippen LogP contribution is 2.32. The van der Waals surface area contributed by atoms with E-state index < -0.39 is 17.0 Å². The van der Waals surface area contributed by atoms with Gasteiger partial charge in [-0.2, -0.15) is 0 Å². The Morgan fingerprint density at radius 2 is 2.05 bits per heavy atom. The van der Waals surface area contributed by atoms with E-state index in [1.54, 1.807) is 12.1 Å². The van der Waals surface area contributed by atoms with Crippen molar-refractivity contribution in [3.05, 3.63) is 46.8 Å². The summed E-state index contributed by atoms with van der Waals surface area (Å²) in [6, 6.07) is 6.61. The highest BCUT2D eigenvalue weighted by Gasteiger charge is 2.25. The van der Waals surface area contributed by atoms with Gasteiger partial charge >= 0.3 is 0 Å². The van der Waals surface area contributed by atoms with Crippen molar-refractivity contribution in [2.24, 2.45) is 0 Å². The third-order valence-corrected chi connectivity index (χ3v) is 3.58. The van der Waals surface area contributed by atoms with Crippen LogP contribution in [-0.4, -0.2) is 16.3 Å². The van der Waals surface area contributed by atoms with Crippen LogP contribution >= 0.6 is 11.8 Å². The summed E-state index contributed by atoms with van der Waals surface area (Å²) in [6.45, 7) is 0. The lowest BCUT2D eigenvalue weighted by Gasteiger charge is -2.00. The maximum Gasteiger partial charge on any atom is 0.290 e. The SMILES string of the molecule is O=C1NC(=O)/C(=C/c2ccc(-c3cc(F)ccc3O)o2)S1. The lowest BCUT2D eigenvalue weighted by molar-refractivity contribution is -0.115. The van der Waals surface area contributed by atoms with Crippen molar-refractivity contribution in [1.82, 2.24) is 5.32 Å². The van der Waals surface area contributed by atoms with E-state index in [1.165, 1.54) is 12.1 Å². The van der Waals surface area contributed by atoms with Crippen LogP contribution in [0.5, 0.6) is 5.75 Å². The van der Waals surface area contributed by atoms with Gasteiger partial charge in [0, 0.05) is 6.08 Å². The van der Waals surface area contributed by atoms with Crippen LogP contribution in [0.2, 0.25) is 0 Å². The molecule has 7 heteroatoms. The fourth-order valence-corrected chi connectivity index (χ4v) is 2.49. The number of furan rings is 1. The molecule has 106 valence electrons. The maximum absolute atomic E-state index is 13.2. The standard InChI is InChI=1S/C14H8FNO4S/c15-7-1-3-10(17)9(5-7)11-4-2-8(20-11)6-12-13(18)16-14(19)21-12/h1-6,17H,(H,16,18,19)/b12-6-. The number of thioether (sulfide) groups is 1. The number of carbonyl (C=O) groups is 2. The number of rotatable bonds is 2. The molecule has 0 radical (unpaired) electrons. The van der Waals surface area contributed by atoms with Crippen molar-refractivity contribution >= 4 is 29.0 Å². The molecule has 0 saturated carbocycles. The van der Waals surface area contributed by atoms with E-state index in [2.05, 4.69) is 5.32 Å². The summed E-state index contributed by atoms with van der Waals surface area (Å²) in [7, 11) is 0. The molecular weight excluding hydrogens is 297 g/mol. The number of carbonyl (C=O) groups excluding carboxylic acids is 2. The van der Waals surface area contributed by atoms with Gasteiger partial charge in [-0.1, -0.05) is 0 Å². The Kier molecular flexibility index (Phi) is 3.26. The minimum atomic E-state index is -0.504. The second-order valence-corrected chi connectivity index (χ2v) is 5.23. The minimum Gasteiger partial charge on any atom is -0.507 e. The largest absolute Gasteiger partial charge is 0.507 e. The molecule has 2 amide bonds. The van der Waals surface area contributed by atoms with Crippen LogP contribution in [0, 0.1) is 5.82 Å². The third-order valence-electron chi connectivity index (χ3n) is 2.77. The lowest BCUT2D eigenvalue weighted by Crippen LogP contribution is -2.17. The number of nitrogens with one attached hydrogen (secondary N) is 1. The lowest BCUT2D eigenvalue weighted by atomic mass is 10.1. The molecule has 0 bridgehead atoms. The average molecular weight is 305 g/mol. The van der Waals surface area contributed by atoms with Gasteiger partial charge in [0.25, 0.3) is 11.1 Å². The van der Waals surface area contributed by atoms with E-state index in [0.29, 0.717) is 5.76 Å². The Bertz CT molecular complexity index is 781. The third kappa shape index (κ3) is 2.68. The molecule has 1 fully saturated rings. The molecule has 1 aromatic heterocycles. The number of halogens is 1. The van der Waals surface area contributed by atoms with Crippen molar-refractivity contribution in [3.8, 4) is 17.1 Å². The maximum atomic E-state index is 13.2. The van der Waals surface area contributed by atoms with E-state index >= 15 is 0 Å². The minimum absolute atomic E-state index is 0.117. The second kappa shape index (κ2) is 5.10. The van der Waals surface area contributed by atoms with Crippen LogP contribution in [0.25, 0.3) is 17.4 Å². The summed E-state index contributed by atoms with van der Waals surface area (Å²) < 4.78 is 18.6. The first kappa shape index (κ1) is 13.4. The molecule has 3 rings (SSSR count). The topological polar surface area (TPSA) is 79.5 Å². The summed E-state index contributed by atoms with van der Waals surface area (Å²) in [6.07, 6.45) is 1.41. The van der Waals surface area contributed by atoms with Crippen molar-refractivity contribution < 1.29 is 23.5 Å². The first-order valence-electron chi connectivity index (χ1n) is 5.86. The summed E-state index contributed by atoms with van der Waals surface area (Å²) in [5, 5.41) is 11.4. The Hall–Kier alpha value is -2.54. The first-order valence-corrected chi connectivity index (χ1v) is 6.68. The average Bonchev–Trinajstić information content (AvgIpc) is 3.00. The smallest absolute Gasteiger partial charge is 0.290 e. The molecule has 1 aliphatic heterocycles. The Morgan fingerprint density at radius 1 is 1.24 bits per heavy atom. The predicted octanol–water partition coefficient (Wildman–Crippen LogP) is 3.12. The molecule has 2 heterocycles. The van der Waals surface area contributed by atoms with Crippen LogP contribution in [-0.2, 0) is 4.79 Å². The van der Waals surface area contributed by atoms with Gasteiger partial charge in [-0.3, -0.25) is 14.9 Å². The Balaban J connectivity index is 1.94. The molecule has 1 aromatic carbocycles. The second-order valence-electron chi connectivity index (χ2n) is 4.22. The van der Waals surface area contributed by atoms with Crippen LogP contribution < -0.4 is 5.32 Å². The van der Waals surface area contributed by atoms with Crippen molar-refractivity contribution in [1.29, 1.82) is 0 Å². The summed E-state index contributed by atoms with van der Waals surface area (Å²) in [4.78, 5) is 22.7. The Labute approximate surface area is 122 Å². The number of amides is 2. The summed E-state index contributed by atoms with van der Waals surface area (Å²) in [5.41, 5.74) is 0.208. The molecule has 0 aliphatic carbocycles. The molecule has 21 heavy (non-hydrogen) atoms.